The van der Waals surface area contributed by atoms with Crippen LogP contribution in [0.1, 0.15) is 45.6 Å². The van der Waals surface area contributed by atoms with Gasteiger partial charge in [0.05, 0.1) is 5.69 Å². The van der Waals surface area contributed by atoms with Crippen LogP contribution in [0.2, 0.25) is 0 Å². The van der Waals surface area contributed by atoms with Crippen molar-refractivity contribution in [3.05, 3.63) is 29.6 Å². The van der Waals surface area contributed by atoms with Gasteiger partial charge < -0.3 is 5.32 Å². The molecule has 96 valence electrons. The largest absolute Gasteiger partial charge is 0.380 e. The molecule has 0 spiro atoms. The van der Waals surface area contributed by atoms with E-state index < -0.39 is 0 Å². The summed E-state index contributed by atoms with van der Waals surface area (Å²) in [6.45, 7) is 8.58. The summed E-state index contributed by atoms with van der Waals surface area (Å²) in [4.78, 5) is 0. The molecule has 1 nitrogen and oxygen atoms in total. The molecule has 0 fully saturated rings. The zero-order valence-electron chi connectivity index (χ0n) is 11.4. The first-order valence-corrected chi connectivity index (χ1v) is 6.59. The molecule has 1 aromatic carbocycles. The van der Waals surface area contributed by atoms with Crippen LogP contribution in [0.4, 0.5) is 10.1 Å². The minimum atomic E-state index is -0.154. The van der Waals surface area contributed by atoms with E-state index in [0.717, 1.165) is 18.4 Å². The van der Waals surface area contributed by atoms with E-state index in [0.29, 0.717) is 17.6 Å². The van der Waals surface area contributed by atoms with Gasteiger partial charge in [-0.15, -0.1) is 0 Å². The van der Waals surface area contributed by atoms with Gasteiger partial charge in [0.1, 0.15) is 5.82 Å². The third-order valence-corrected chi connectivity index (χ3v) is 3.36. The summed E-state index contributed by atoms with van der Waals surface area (Å²) in [6, 6.07) is 5.58. The number of benzene rings is 1. The first-order valence-electron chi connectivity index (χ1n) is 6.59. The second-order valence-electron chi connectivity index (χ2n) is 4.98. The maximum Gasteiger partial charge on any atom is 0.146 e. The van der Waals surface area contributed by atoms with Crippen LogP contribution in [0.15, 0.2) is 18.2 Å². The Balaban J connectivity index is 2.69. The SMILES string of the molecule is CCC(C)CC(CC)Nc1cc(C)ccc1F. The van der Waals surface area contributed by atoms with E-state index in [2.05, 4.69) is 26.1 Å². The van der Waals surface area contributed by atoms with E-state index in [1.54, 1.807) is 6.07 Å². The maximum absolute atomic E-state index is 13.6. The summed E-state index contributed by atoms with van der Waals surface area (Å²) in [5.74, 6) is 0.526. The number of nitrogens with one attached hydrogen (secondary N) is 1. The lowest BCUT2D eigenvalue weighted by Crippen LogP contribution is -2.21. The Morgan fingerprint density at radius 2 is 1.94 bits per heavy atom. The van der Waals surface area contributed by atoms with Crippen molar-refractivity contribution in [2.24, 2.45) is 5.92 Å². The van der Waals surface area contributed by atoms with Gasteiger partial charge in [-0.25, -0.2) is 4.39 Å². The number of hydrogen-bond acceptors (Lipinski definition) is 1. The molecule has 1 N–H and O–H groups in total. The van der Waals surface area contributed by atoms with Crippen molar-refractivity contribution in [2.45, 2.75) is 53.0 Å². The Bertz CT molecular complexity index is 349. The number of aryl methyl sites for hydroxylation is 1. The van der Waals surface area contributed by atoms with E-state index in [1.807, 2.05) is 13.0 Å². The third kappa shape index (κ3) is 4.37. The zero-order valence-corrected chi connectivity index (χ0v) is 11.4. The van der Waals surface area contributed by atoms with Crippen LogP contribution in [0.3, 0.4) is 0 Å². The van der Waals surface area contributed by atoms with Crippen LogP contribution in [0.5, 0.6) is 0 Å². The molecule has 0 heterocycles. The monoisotopic (exact) mass is 237 g/mol. The smallest absolute Gasteiger partial charge is 0.146 e. The molecule has 0 aromatic heterocycles. The van der Waals surface area contributed by atoms with Gasteiger partial charge in [0.25, 0.3) is 0 Å². The molecule has 1 rings (SSSR count). The minimum absolute atomic E-state index is 0.154. The predicted octanol–water partition coefficient (Wildman–Crippen LogP) is 4.76. The van der Waals surface area contributed by atoms with Crippen molar-refractivity contribution in [3.8, 4) is 0 Å². The molecule has 0 saturated heterocycles. The van der Waals surface area contributed by atoms with Gasteiger partial charge >= 0.3 is 0 Å². The predicted molar refractivity (Wildman–Crippen MR) is 72.9 cm³/mol. The molecule has 0 aliphatic rings. The van der Waals surface area contributed by atoms with Crippen LogP contribution in [0, 0.1) is 18.7 Å². The number of anilines is 1. The molecular formula is C15H24FN. The van der Waals surface area contributed by atoms with Crippen molar-refractivity contribution in [2.75, 3.05) is 5.32 Å². The standard InChI is InChI=1S/C15H24FN/c1-5-11(3)9-13(6-2)17-15-10-12(4)7-8-14(15)16/h7-8,10-11,13,17H,5-6,9H2,1-4H3. The Labute approximate surface area is 104 Å². The Hall–Kier alpha value is -1.05. The van der Waals surface area contributed by atoms with E-state index >= 15 is 0 Å². The quantitative estimate of drug-likeness (QED) is 0.752. The van der Waals surface area contributed by atoms with Gasteiger partial charge in [-0.2, -0.15) is 0 Å². The fourth-order valence-electron chi connectivity index (χ4n) is 1.95. The highest BCUT2D eigenvalue weighted by molar-refractivity contribution is 5.47. The van der Waals surface area contributed by atoms with Gasteiger partial charge in [-0.1, -0.05) is 33.3 Å². The van der Waals surface area contributed by atoms with Gasteiger partial charge in [-0.05, 0) is 43.4 Å². The lowest BCUT2D eigenvalue weighted by Gasteiger charge is -2.22. The summed E-state index contributed by atoms with van der Waals surface area (Å²) >= 11 is 0. The topological polar surface area (TPSA) is 12.0 Å². The van der Waals surface area contributed by atoms with Crippen molar-refractivity contribution < 1.29 is 4.39 Å². The normalized spacial score (nSPS) is 14.4. The molecule has 0 radical (unpaired) electrons. The molecule has 2 unspecified atom stereocenters. The van der Waals surface area contributed by atoms with Gasteiger partial charge in [0.2, 0.25) is 0 Å². The summed E-state index contributed by atoms with van der Waals surface area (Å²) < 4.78 is 13.6. The Morgan fingerprint density at radius 3 is 2.53 bits per heavy atom. The van der Waals surface area contributed by atoms with Crippen LogP contribution in [0.25, 0.3) is 0 Å². The molecule has 0 aliphatic heterocycles. The molecule has 2 atom stereocenters. The van der Waals surface area contributed by atoms with E-state index in [-0.39, 0.29) is 5.82 Å². The second-order valence-corrected chi connectivity index (χ2v) is 4.98. The Morgan fingerprint density at radius 1 is 1.24 bits per heavy atom. The molecule has 0 saturated carbocycles. The average Bonchev–Trinajstić information content (AvgIpc) is 2.32. The summed E-state index contributed by atoms with van der Waals surface area (Å²) in [5.41, 5.74) is 1.73. The van der Waals surface area contributed by atoms with Crippen molar-refractivity contribution in [1.29, 1.82) is 0 Å². The second kappa shape index (κ2) is 6.63. The van der Waals surface area contributed by atoms with E-state index in [1.165, 1.54) is 12.5 Å². The van der Waals surface area contributed by atoms with Crippen LogP contribution in [-0.2, 0) is 0 Å². The number of halogens is 1. The lowest BCUT2D eigenvalue weighted by molar-refractivity contribution is 0.460. The average molecular weight is 237 g/mol. The summed E-state index contributed by atoms with van der Waals surface area (Å²) in [7, 11) is 0. The fraction of sp³-hybridized carbons (Fsp3) is 0.600. The fourth-order valence-corrected chi connectivity index (χ4v) is 1.95. The van der Waals surface area contributed by atoms with E-state index in [9.17, 15) is 4.39 Å². The number of hydrogen-bond donors (Lipinski definition) is 1. The van der Waals surface area contributed by atoms with Gasteiger partial charge in [0, 0.05) is 6.04 Å². The minimum Gasteiger partial charge on any atom is -0.380 e. The third-order valence-electron chi connectivity index (χ3n) is 3.36. The van der Waals surface area contributed by atoms with Crippen molar-refractivity contribution in [1.82, 2.24) is 0 Å². The van der Waals surface area contributed by atoms with Crippen molar-refractivity contribution in [3.63, 3.8) is 0 Å². The maximum atomic E-state index is 13.6. The highest BCUT2D eigenvalue weighted by Gasteiger charge is 2.12. The van der Waals surface area contributed by atoms with Gasteiger partial charge in [-0.3, -0.25) is 0 Å². The van der Waals surface area contributed by atoms with Crippen LogP contribution in [-0.4, -0.2) is 6.04 Å². The summed E-state index contributed by atoms with van der Waals surface area (Å²) in [6.07, 6.45) is 3.30. The summed E-state index contributed by atoms with van der Waals surface area (Å²) in [5, 5.41) is 3.33. The van der Waals surface area contributed by atoms with Crippen LogP contribution < -0.4 is 5.32 Å². The van der Waals surface area contributed by atoms with Gasteiger partial charge in [0.15, 0.2) is 0 Å². The molecule has 2 heteroatoms. The Kier molecular flexibility index (Phi) is 5.46. The van der Waals surface area contributed by atoms with E-state index in [4.69, 9.17) is 0 Å². The molecule has 1 aromatic rings. The first-order chi connectivity index (χ1) is 8.06. The molecule has 17 heavy (non-hydrogen) atoms. The van der Waals surface area contributed by atoms with Crippen molar-refractivity contribution >= 4 is 5.69 Å². The number of rotatable bonds is 6. The molecule has 0 amide bonds. The lowest BCUT2D eigenvalue weighted by atomic mass is 9.97. The van der Waals surface area contributed by atoms with Crippen LogP contribution >= 0.6 is 0 Å². The molecular weight excluding hydrogens is 213 g/mol. The highest BCUT2D eigenvalue weighted by Crippen LogP contribution is 2.20. The molecule has 0 aliphatic carbocycles. The highest BCUT2D eigenvalue weighted by atomic mass is 19.1. The zero-order chi connectivity index (χ0) is 12.8. The molecule has 0 bridgehead atoms. The first kappa shape index (κ1) is 14.0.